The van der Waals surface area contributed by atoms with Gasteiger partial charge in [0.05, 0.1) is 0 Å². The van der Waals surface area contributed by atoms with E-state index < -0.39 is 7.82 Å². The predicted octanol–water partition coefficient (Wildman–Crippen LogP) is 5.64. The first-order valence-corrected chi connectivity index (χ1v) is 10.6. The number of hydrogen-bond donors (Lipinski definition) is 3. The zero-order valence-electron chi connectivity index (χ0n) is 17.7. The quantitative estimate of drug-likeness (QED) is 0.549. The molecule has 4 nitrogen and oxygen atoms in total. The molecule has 0 atom stereocenters. The van der Waals surface area contributed by atoms with Crippen LogP contribution in [0.2, 0.25) is 0 Å². The molecule has 0 bridgehead atoms. The molecule has 0 heterocycles. The van der Waals surface area contributed by atoms with E-state index in [1.54, 1.807) is 0 Å². The van der Waals surface area contributed by atoms with Gasteiger partial charge in [-0.15, -0.1) is 0 Å². The molecule has 0 amide bonds. The Kier molecular flexibility index (Phi) is 7.23. The third-order valence-corrected chi connectivity index (χ3v) is 4.22. The SMILES string of the molecule is Cc1cc(-c2cc(C)cc(C(C)(C)C)c2)cc(C(C)(C)C)c1.O=P(O)(O)O. The lowest BCUT2D eigenvalue weighted by Crippen LogP contribution is -2.12. The zero-order chi connectivity index (χ0) is 21.2. The maximum absolute atomic E-state index is 8.88. The van der Waals surface area contributed by atoms with Gasteiger partial charge >= 0.3 is 7.82 Å². The first kappa shape index (κ1) is 23.6. The molecular weight excluding hydrogens is 359 g/mol. The summed E-state index contributed by atoms with van der Waals surface area (Å²) in [6.07, 6.45) is 0. The number of rotatable bonds is 1. The van der Waals surface area contributed by atoms with Crippen molar-refractivity contribution < 1.29 is 19.2 Å². The standard InChI is InChI=1S/C22H30.H3O4P/c1-15-9-17(13-19(11-15)21(3,4)5)18-10-16(2)12-20(14-18)22(6,7)8;1-5(2,3)4/h9-14H,1-8H3;(H3,1,2,3,4). The van der Waals surface area contributed by atoms with Crippen molar-refractivity contribution in [2.24, 2.45) is 0 Å². The number of benzene rings is 2. The molecule has 0 aliphatic heterocycles. The van der Waals surface area contributed by atoms with Gasteiger partial charge in [-0.1, -0.05) is 89.1 Å². The maximum Gasteiger partial charge on any atom is 0.466 e. The normalized spacial score (nSPS) is 12.4. The predicted molar refractivity (Wildman–Crippen MR) is 113 cm³/mol. The first-order chi connectivity index (χ1) is 12.0. The Hall–Kier alpha value is -1.45. The zero-order valence-corrected chi connectivity index (χ0v) is 18.6. The summed E-state index contributed by atoms with van der Waals surface area (Å²) in [5.74, 6) is 0. The van der Waals surface area contributed by atoms with Crippen molar-refractivity contribution in [3.8, 4) is 11.1 Å². The van der Waals surface area contributed by atoms with Gasteiger partial charge in [0, 0.05) is 0 Å². The second kappa shape index (κ2) is 8.28. The summed E-state index contributed by atoms with van der Waals surface area (Å²) in [7, 11) is -4.64. The van der Waals surface area contributed by atoms with Crippen LogP contribution in [0.5, 0.6) is 0 Å². The Morgan fingerprint density at radius 3 is 1.11 bits per heavy atom. The van der Waals surface area contributed by atoms with Gasteiger partial charge in [-0.05, 0) is 46.9 Å². The topological polar surface area (TPSA) is 77.8 Å². The van der Waals surface area contributed by atoms with Crippen molar-refractivity contribution >= 4 is 7.82 Å². The van der Waals surface area contributed by atoms with E-state index in [9.17, 15) is 0 Å². The molecule has 0 fully saturated rings. The minimum absolute atomic E-state index is 0.178. The van der Waals surface area contributed by atoms with Crippen molar-refractivity contribution in [2.75, 3.05) is 0 Å². The van der Waals surface area contributed by atoms with Crippen LogP contribution in [0.15, 0.2) is 36.4 Å². The second-order valence-corrected chi connectivity index (χ2v) is 10.2. The van der Waals surface area contributed by atoms with Crippen molar-refractivity contribution in [2.45, 2.75) is 66.2 Å². The molecule has 0 unspecified atom stereocenters. The maximum atomic E-state index is 8.88. The van der Waals surface area contributed by atoms with Crippen LogP contribution in [-0.4, -0.2) is 14.7 Å². The van der Waals surface area contributed by atoms with Crippen LogP contribution < -0.4 is 0 Å². The van der Waals surface area contributed by atoms with E-state index in [1.807, 2.05) is 0 Å². The molecule has 0 aliphatic carbocycles. The Morgan fingerprint density at radius 2 is 0.889 bits per heavy atom. The number of phosphoric acid groups is 1. The van der Waals surface area contributed by atoms with Crippen LogP contribution in [0, 0.1) is 13.8 Å². The summed E-state index contributed by atoms with van der Waals surface area (Å²) in [4.78, 5) is 21.6. The summed E-state index contributed by atoms with van der Waals surface area (Å²) < 4.78 is 8.88. The smallest absolute Gasteiger partial charge is 0.303 e. The Labute approximate surface area is 163 Å². The van der Waals surface area contributed by atoms with Gasteiger partial charge in [-0.3, -0.25) is 0 Å². The minimum atomic E-state index is -4.64. The molecular formula is C22H33O4P. The van der Waals surface area contributed by atoms with Gasteiger partial charge in [0.2, 0.25) is 0 Å². The molecule has 0 saturated carbocycles. The Morgan fingerprint density at radius 1 is 0.630 bits per heavy atom. The van der Waals surface area contributed by atoms with Gasteiger partial charge in [-0.25, -0.2) is 4.57 Å². The average molecular weight is 392 g/mol. The summed E-state index contributed by atoms with van der Waals surface area (Å²) in [5.41, 5.74) is 8.50. The summed E-state index contributed by atoms with van der Waals surface area (Å²) in [5, 5.41) is 0. The molecule has 5 heteroatoms. The lowest BCUT2D eigenvalue weighted by molar-refractivity contribution is 0.275. The van der Waals surface area contributed by atoms with Crippen LogP contribution in [0.25, 0.3) is 11.1 Å². The summed E-state index contributed by atoms with van der Waals surface area (Å²) >= 11 is 0. The molecule has 0 spiro atoms. The van der Waals surface area contributed by atoms with Crippen molar-refractivity contribution in [1.29, 1.82) is 0 Å². The molecule has 2 aromatic rings. The first-order valence-electron chi connectivity index (χ1n) is 9.00. The molecule has 150 valence electrons. The lowest BCUT2D eigenvalue weighted by Gasteiger charge is -2.23. The molecule has 0 aliphatic rings. The molecule has 0 saturated heterocycles. The van der Waals surface area contributed by atoms with Crippen LogP contribution in [0.1, 0.15) is 63.8 Å². The minimum Gasteiger partial charge on any atom is -0.303 e. The number of hydrogen-bond acceptors (Lipinski definition) is 1. The largest absolute Gasteiger partial charge is 0.466 e. The van der Waals surface area contributed by atoms with Crippen LogP contribution in [0.3, 0.4) is 0 Å². The van der Waals surface area contributed by atoms with Gasteiger partial charge in [-0.2, -0.15) is 0 Å². The van der Waals surface area contributed by atoms with Crippen molar-refractivity contribution in [3.63, 3.8) is 0 Å². The van der Waals surface area contributed by atoms with Crippen LogP contribution in [0.4, 0.5) is 0 Å². The van der Waals surface area contributed by atoms with Crippen LogP contribution >= 0.6 is 7.82 Å². The lowest BCUT2D eigenvalue weighted by atomic mass is 9.82. The van der Waals surface area contributed by atoms with Gasteiger partial charge in [0.15, 0.2) is 0 Å². The highest BCUT2D eigenvalue weighted by atomic mass is 31.2. The van der Waals surface area contributed by atoms with Crippen molar-refractivity contribution in [1.82, 2.24) is 0 Å². The van der Waals surface area contributed by atoms with Gasteiger partial charge in [0.1, 0.15) is 0 Å². The van der Waals surface area contributed by atoms with E-state index in [-0.39, 0.29) is 10.8 Å². The third-order valence-electron chi connectivity index (χ3n) is 4.22. The fourth-order valence-corrected chi connectivity index (χ4v) is 2.77. The molecule has 2 rings (SSSR count). The fourth-order valence-electron chi connectivity index (χ4n) is 2.77. The summed E-state index contributed by atoms with van der Waals surface area (Å²) in [6.45, 7) is 18.1. The van der Waals surface area contributed by atoms with E-state index >= 15 is 0 Å². The molecule has 3 N–H and O–H groups in total. The van der Waals surface area contributed by atoms with Gasteiger partial charge in [0.25, 0.3) is 0 Å². The van der Waals surface area contributed by atoms with E-state index in [0.717, 1.165) is 0 Å². The molecule has 2 aromatic carbocycles. The Bertz CT molecular complexity index is 767. The van der Waals surface area contributed by atoms with Gasteiger partial charge < -0.3 is 14.7 Å². The van der Waals surface area contributed by atoms with Crippen LogP contribution in [-0.2, 0) is 15.4 Å². The second-order valence-electron chi connectivity index (χ2n) is 9.19. The highest BCUT2D eigenvalue weighted by Gasteiger charge is 2.17. The highest BCUT2D eigenvalue weighted by molar-refractivity contribution is 7.45. The monoisotopic (exact) mass is 392 g/mol. The van der Waals surface area contributed by atoms with Crippen molar-refractivity contribution in [3.05, 3.63) is 58.7 Å². The molecule has 0 aromatic heterocycles. The van der Waals surface area contributed by atoms with E-state index in [1.165, 1.54) is 33.4 Å². The molecule has 27 heavy (non-hydrogen) atoms. The average Bonchev–Trinajstić information content (AvgIpc) is 2.42. The Balaban J connectivity index is 0.000000646. The number of aryl methyl sites for hydroxylation is 2. The molecule has 0 radical (unpaired) electrons. The van der Waals surface area contributed by atoms with E-state index in [4.69, 9.17) is 19.2 Å². The van der Waals surface area contributed by atoms with E-state index in [2.05, 4.69) is 91.8 Å². The highest BCUT2D eigenvalue weighted by Crippen LogP contribution is 2.32. The fraction of sp³-hybridized carbons (Fsp3) is 0.455. The third kappa shape index (κ3) is 8.40. The van der Waals surface area contributed by atoms with E-state index in [0.29, 0.717) is 0 Å². The summed E-state index contributed by atoms with van der Waals surface area (Å²) in [6, 6.07) is 13.9.